The number of Topliss-reactive ketones (excluding diaryl/α,β-unsaturated/α-hetero) is 1. The molecule has 1 aliphatic carbocycles. The number of nitrogens with one attached hydrogen (secondary N) is 1. The number of aromatic nitrogens is 2. The third-order valence-electron chi connectivity index (χ3n) is 7.19. The summed E-state index contributed by atoms with van der Waals surface area (Å²) in [4.78, 5) is 52.4. The van der Waals surface area contributed by atoms with Gasteiger partial charge in [0, 0.05) is 36.7 Å². The van der Waals surface area contributed by atoms with Crippen LogP contribution in [-0.4, -0.2) is 20.9 Å². The van der Waals surface area contributed by atoms with Crippen molar-refractivity contribution in [2.75, 3.05) is 5.32 Å². The molecule has 0 unspecified atom stereocenters. The Bertz CT molecular complexity index is 1810. The molecule has 0 amide bonds. The summed E-state index contributed by atoms with van der Waals surface area (Å²) in [7, 11) is 3.01. The van der Waals surface area contributed by atoms with Gasteiger partial charge in [0.2, 0.25) is 0 Å². The van der Waals surface area contributed by atoms with Gasteiger partial charge in [-0.3, -0.25) is 18.7 Å². The number of rotatable bonds is 3. The van der Waals surface area contributed by atoms with E-state index in [-0.39, 0.29) is 5.78 Å². The van der Waals surface area contributed by atoms with E-state index >= 15 is 0 Å². The number of fused-ring (bicyclic) bond motifs is 3. The van der Waals surface area contributed by atoms with E-state index in [0.717, 1.165) is 15.7 Å². The molecule has 0 spiro atoms. The molecule has 1 atom stereocenters. The highest BCUT2D eigenvalue weighted by Gasteiger charge is 2.42. The van der Waals surface area contributed by atoms with Gasteiger partial charge in [0.15, 0.2) is 5.78 Å². The van der Waals surface area contributed by atoms with Crippen LogP contribution in [0.3, 0.4) is 0 Å². The summed E-state index contributed by atoms with van der Waals surface area (Å²) in [6, 6.07) is 21.1. The highest BCUT2D eigenvalue weighted by atomic mass is 16.5. The lowest BCUT2D eigenvalue weighted by Gasteiger charge is -2.29. The minimum absolute atomic E-state index is 0.176. The van der Waals surface area contributed by atoms with E-state index in [4.69, 9.17) is 4.74 Å². The van der Waals surface area contributed by atoms with Crippen LogP contribution in [-0.2, 0) is 14.1 Å². The van der Waals surface area contributed by atoms with Crippen molar-refractivity contribution in [1.82, 2.24) is 9.13 Å². The van der Waals surface area contributed by atoms with E-state index in [1.54, 1.807) is 55.6 Å². The fourth-order valence-corrected chi connectivity index (χ4v) is 5.17. The number of carbonyl (C=O) groups excluding carboxylic acids is 2. The maximum Gasteiger partial charge on any atom is 0.343 e. The lowest BCUT2D eigenvalue weighted by atomic mass is 9.81. The number of esters is 1. The molecule has 38 heavy (non-hydrogen) atoms. The minimum Gasteiger partial charge on any atom is -0.423 e. The number of aryl methyl sites for hydroxylation is 1. The highest BCUT2D eigenvalue weighted by molar-refractivity contribution is 6.23. The van der Waals surface area contributed by atoms with Crippen LogP contribution >= 0.6 is 0 Å². The first-order valence-electron chi connectivity index (χ1n) is 12.1. The Labute approximate surface area is 217 Å². The quantitative estimate of drug-likeness (QED) is 0.336. The second kappa shape index (κ2) is 8.55. The van der Waals surface area contributed by atoms with Crippen LogP contribution < -0.4 is 21.3 Å². The number of ether oxygens (including phenoxy) is 1. The standard InChI is InChI=1S/C30H23N3O5/c1-16-8-10-18(11-9-16)29(36)38-19-14-12-17(13-15-19)22-23-25(20-6-4-5-7-21(20)26(23)34)31-27-24(22)28(35)33(3)30(37)32(27)2/h4-15,22,31H,1-3H3/t22-/m1/s1. The number of nitrogens with zero attached hydrogens (tertiary/aromatic N) is 2. The van der Waals surface area contributed by atoms with Crippen molar-refractivity contribution < 1.29 is 14.3 Å². The maximum atomic E-state index is 13.6. The first-order chi connectivity index (χ1) is 18.3. The van der Waals surface area contributed by atoms with Gasteiger partial charge in [0.1, 0.15) is 11.6 Å². The molecule has 1 aromatic heterocycles. The van der Waals surface area contributed by atoms with Gasteiger partial charge in [0.25, 0.3) is 5.56 Å². The van der Waals surface area contributed by atoms with Crippen molar-refractivity contribution >= 4 is 23.3 Å². The molecular weight excluding hydrogens is 482 g/mol. The van der Waals surface area contributed by atoms with Crippen LogP contribution in [0.25, 0.3) is 5.70 Å². The highest BCUT2D eigenvalue weighted by Crippen LogP contribution is 2.47. The number of allylic oxidation sites excluding steroid dienone is 1. The molecular formula is C30H23N3O5. The van der Waals surface area contributed by atoms with E-state index < -0.39 is 23.1 Å². The van der Waals surface area contributed by atoms with Crippen molar-refractivity contribution in [3.8, 4) is 5.75 Å². The average molecular weight is 506 g/mol. The summed E-state index contributed by atoms with van der Waals surface area (Å²) < 4.78 is 7.98. The van der Waals surface area contributed by atoms with Crippen LogP contribution in [0.4, 0.5) is 5.82 Å². The van der Waals surface area contributed by atoms with Gasteiger partial charge < -0.3 is 10.1 Å². The lowest BCUT2D eigenvalue weighted by molar-refractivity contribution is 0.0734. The topological polar surface area (TPSA) is 99.4 Å². The molecule has 0 fully saturated rings. The minimum atomic E-state index is -0.728. The maximum absolute atomic E-state index is 13.6. The number of benzene rings is 3. The molecule has 2 heterocycles. The third-order valence-corrected chi connectivity index (χ3v) is 7.19. The van der Waals surface area contributed by atoms with Crippen molar-refractivity contribution in [3.63, 3.8) is 0 Å². The molecule has 1 aliphatic heterocycles. The Balaban J connectivity index is 1.46. The molecule has 8 heteroatoms. The van der Waals surface area contributed by atoms with E-state index in [1.165, 1.54) is 11.6 Å². The predicted molar refractivity (Wildman–Crippen MR) is 143 cm³/mol. The van der Waals surface area contributed by atoms with E-state index in [1.807, 2.05) is 31.2 Å². The molecule has 6 rings (SSSR count). The molecule has 0 radical (unpaired) electrons. The summed E-state index contributed by atoms with van der Waals surface area (Å²) >= 11 is 0. The van der Waals surface area contributed by atoms with Gasteiger partial charge in [-0.25, -0.2) is 9.59 Å². The van der Waals surface area contributed by atoms with Crippen molar-refractivity contribution in [2.45, 2.75) is 12.8 Å². The van der Waals surface area contributed by atoms with Crippen LogP contribution in [0.5, 0.6) is 5.75 Å². The first-order valence-corrected chi connectivity index (χ1v) is 12.1. The van der Waals surface area contributed by atoms with E-state index in [2.05, 4.69) is 5.32 Å². The van der Waals surface area contributed by atoms with Crippen molar-refractivity contribution in [3.05, 3.63) is 133 Å². The van der Waals surface area contributed by atoms with Crippen LogP contribution in [0.2, 0.25) is 0 Å². The van der Waals surface area contributed by atoms with Crippen LogP contribution in [0.1, 0.15) is 48.9 Å². The fourth-order valence-electron chi connectivity index (χ4n) is 5.17. The monoisotopic (exact) mass is 505 g/mol. The summed E-state index contributed by atoms with van der Waals surface area (Å²) in [5.74, 6) is -0.711. The van der Waals surface area contributed by atoms with Crippen molar-refractivity contribution in [2.24, 2.45) is 14.1 Å². The molecule has 2 aliphatic rings. The van der Waals surface area contributed by atoms with Gasteiger partial charge >= 0.3 is 11.7 Å². The van der Waals surface area contributed by atoms with Gasteiger partial charge in [-0.05, 0) is 36.8 Å². The second-order valence-electron chi connectivity index (χ2n) is 9.51. The predicted octanol–water partition coefficient (Wildman–Crippen LogP) is 3.78. The molecule has 3 aromatic carbocycles. The number of hydrogen-bond donors (Lipinski definition) is 1. The molecule has 1 N–H and O–H groups in total. The number of anilines is 1. The molecule has 0 bridgehead atoms. The molecule has 188 valence electrons. The summed E-state index contributed by atoms with van der Waals surface area (Å²) in [5.41, 5.74) is 3.76. The fraction of sp³-hybridized carbons (Fsp3) is 0.133. The summed E-state index contributed by atoms with van der Waals surface area (Å²) in [6.07, 6.45) is 0. The smallest absolute Gasteiger partial charge is 0.343 e. The normalized spacial score (nSPS) is 15.4. The second-order valence-corrected chi connectivity index (χ2v) is 9.51. The van der Waals surface area contributed by atoms with Crippen LogP contribution in [0.15, 0.2) is 88.0 Å². The number of carbonyl (C=O) groups is 2. The van der Waals surface area contributed by atoms with E-state index in [9.17, 15) is 19.2 Å². The average Bonchev–Trinajstić information content (AvgIpc) is 3.22. The number of hydrogen-bond acceptors (Lipinski definition) is 6. The zero-order valence-corrected chi connectivity index (χ0v) is 20.9. The summed E-state index contributed by atoms with van der Waals surface area (Å²) in [6.45, 7) is 1.94. The zero-order chi connectivity index (χ0) is 26.7. The molecule has 0 saturated carbocycles. The van der Waals surface area contributed by atoms with Crippen LogP contribution in [0, 0.1) is 6.92 Å². The van der Waals surface area contributed by atoms with Crippen molar-refractivity contribution in [1.29, 1.82) is 0 Å². The van der Waals surface area contributed by atoms with Gasteiger partial charge in [0.05, 0.1) is 16.8 Å². The summed E-state index contributed by atoms with van der Waals surface area (Å²) in [5, 5.41) is 3.22. The Morgan fingerprint density at radius 1 is 0.842 bits per heavy atom. The Morgan fingerprint density at radius 2 is 1.50 bits per heavy atom. The first kappa shape index (κ1) is 23.4. The Morgan fingerprint density at radius 3 is 2.18 bits per heavy atom. The van der Waals surface area contributed by atoms with E-state index in [0.29, 0.717) is 45.1 Å². The molecule has 8 nitrogen and oxygen atoms in total. The Hall–Kier alpha value is -4.98. The zero-order valence-electron chi connectivity index (χ0n) is 20.9. The largest absolute Gasteiger partial charge is 0.423 e. The molecule has 4 aromatic rings. The van der Waals surface area contributed by atoms with Gasteiger partial charge in [-0.2, -0.15) is 0 Å². The van der Waals surface area contributed by atoms with Gasteiger partial charge in [-0.1, -0.05) is 54.1 Å². The number of ketones is 1. The Kier molecular flexibility index (Phi) is 5.27. The lowest BCUT2D eigenvalue weighted by Crippen LogP contribution is -2.42. The molecule has 0 saturated heterocycles. The van der Waals surface area contributed by atoms with Gasteiger partial charge in [-0.15, -0.1) is 0 Å². The SMILES string of the molecule is Cc1ccc(C(=O)Oc2ccc([C@@H]3C4=C(Nc5c3c(=O)n(C)c(=O)n5C)c3ccccc3C4=O)cc2)cc1. The third kappa shape index (κ3) is 3.45.